The van der Waals surface area contributed by atoms with E-state index in [0.29, 0.717) is 12.3 Å². The number of nitrogens with two attached hydrogens (primary N) is 1. The minimum Gasteiger partial charge on any atom is -0.402 e. The van der Waals surface area contributed by atoms with Crippen LogP contribution < -0.4 is 5.73 Å². The fourth-order valence-corrected chi connectivity index (χ4v) is 1.14. The van der Waals surface area contributed by atoms with E-state index >= 15 is 0 Å². The first-order valence-corrected chi connectivity index (χ1v) is 3.17. The Morgan fingerprint density at radius 3 is 2.78 bits per heavy atom. The third-order valence-corrected chi connectivity index (χ3v) is 1.48. The highest BCUT2D eigenvalue weighted by molar-refractivity contribution is 5.91. The van der Waals surface area contributed by atoms with Crippen molar-refractivity contribution in [3.8, 4) is 0 Å². The van der Waals surface area contributed by atoms with Crippen LogP contribution >= 0.6 is 0 Å². The average Bonchev–Trinajstić information content (AvgIpc) is 1.59. The van der Waals surface area contributed by atoms with E-state index in [2.05, 4.69) is 0 Å². The summed E-state index contributed by atoms with van der Waals surface area (Å²) in [7, 11) is 0. The van der Waals surface area contributed by atoms with Gasteiger partial charge in [0.25, 0.3) is 0 Å². The van der Waals surface area contributed by atoms with Crippen molar-refractivity contribution in [1.29, 1.82) is 0 Å². The second-order valence-corrected chi connectivity index (χ2v) is 2.70. The van der Waals surface area contributed by atoms with Gasteiger partial charge in [0.05, 0.1) is 0 Å². The third kappa shape index (κ3) is 1.56. The molecule has 1 atom stereocenters. The van der Waals surface area contributed by atoms with Crippen molar-refractivity contribution in [3.05, 3.63) is 11.8 Å². The predicted octanol–water partition coefficient (Wildman–Crippen LogP) is 0.828. The molecule has 0 radical (unpaired) electrons. The molecule has 0 saturated carbocycles. The summed E-state index contributed by atoms with van der Waals surface area (Å²) < 4.78 is 0. The standard InChI is InChI=1S/C7H11NO/c1-5-2-6(8)4-7(9)3-5/h4-5H,2-3,8H2,1H3/t5-/m1/s1. The summed E-state index contributed by atoms with van der Waals surface area (Å²) in [6.07, 6.45) is 3.09. The molecule has 0 bridgehead atoms. The van der Waals surface area contributed by atoms with Crippen LogP contribution in [0.1, 0.15) is 19.8 Å². The highest BCUT2D eigenvalue weighted by Crippen LogP contribution is 2.17. The van der Waals surface area contributed by atoms with Gasteiger partial charge >= 0.3 is 0 Å². The van der Waals surface area contributed by atoms with Crippen LogP contribution in [0.2, 0.25) is 0 Å². The molecule has 0 unspecified atom stereocenters. The third-order valence-electron chi connectivity index (χ3n) is 1.48. The Balaban J connectivity index is 2.67. The van der Waals surface area contributed by atoms with Crippen molar-refractivity contribution in [1.82, 2.24) is 0 Å². The maximum atomic E-state index is 10.7. The molecule has 0 aromatic heterocycles. The van der Waals surface area contributed by atoms with Gasteiger partial charge < -0.3 is 5.73 Å². The van der Waals surface area contributed by atoms with Crippen LogP contribution in [0.15, 0.2) is 11.8 Å². The predicted molar refractivity (Wildman–Crippen MR) is 35.7 cm³/mol. The van der Waals surface area contributed by atoms with E-state index in [0.717, 1.165) is 12.1 Å². The number of carbonyl (C=O) groups is 1. The zero-order valence-corrected chi connectivity index (χ0v) is 5.55. The van der Waals surface area contributed by atoms with Crippen LogP contribution in [-0.4, -0.2) is 5.78 Å². The molecule has 9 heavy (non-hydrogen) atoms. The second kappa shape index (κ2) is 2.21. The minimum atomic E-state index is 0.172. The van der Waals surface area contributed by atoms with Gasteiger partial charge in [0.1, 0.15) is 0 Å². The first kappa shape index (κ1) is 6.33. The molecule has 50 valence electrons. The van der Waals surface area contributed by atoms with Crippen LogP contribution in [0.4, 0.5) is 0 Å². The molecule has 1 aliphatic carbocycles. The van der Waals surface area contributed by atoms with E-state index in [4.69, 9.17) is 5.73 Å². The topological polar surface area (TPSA) is 43.1 Å². The van der Waals surface area contributed by atoms with E-state index in [1.165, 1.54) is 0 Å². The Morgan fingerprint density at radius 2 is 2.33 bits per heavy atom. The number of hydrogen-bond donors (Lipinski definition) is 1. The van der Waals surface area contributed by atoms with Gasteiger partial charge in [-0.15, -0.1) is 0 Å². The largest absolute Gasteiger partial charge is 0.402 e. The maximum absolute atomic E-state index is 10.7. The Hall–Kier alpha value is -0.790. The summed E-state index contributed by atoms with van der Waals surface area (Å²) in [5.41, 5.74) is 6.19. The molecule has 0 amide bonds. The number of ketones is 1. The van der Waals surface area contributed by atoms with Crippen molar-refractivity contribution in [2.75, 3.05) is 0 Å². The molecule has 2 N–H and O–H groups in total. The lowest BCUT2D eigenvalue weighted by atomic mass is 9.93. The van der Waals surface area contributed by atoms with Crippen molar-refractivity contribution < 1.29 is 4.79 Å². The number of rotatable bonds is 0. The smallest absolute Gasteiger partial charge is 0.157 e. The highest BCUT2D eigenvalue weighted by atomic mass is 16.1. The quantitative estimate of drug-likeness (QED) is 0.521. The van der Waals surface area contributed by atoms with Crippen molar-refractivity contribution in [3.63, 3.8) is 0 Å². The van der Waals surface area contributed by atoms with Gasteiger partial charge in [0.2, 0.25) is 0 Å². The highest BCUT2D eigenvalue weighted by Gasteiger charge is 2.13. The van der Waals surface area contributed by atoms with Crippen LogP contribution in [0, 0.1) is 5.92 Å². The Labute approximate surface area is 54.7 Å². The summed E-state index contributed by atoms with van der Waals surface area (Å²) >= 11 is 0. The summed E-state index contributed by atoms with van der Waals surface area (Å²) in [6, 6.07) is 0. The summed E-state index contributed by atoms with van der Waals surface area (Å²) in [5, 5.41) is 0. The monoisotopic (exact) mass is 125 g/mol. The first-order valence-electron chi connectivity index (χ1n) is 3.17. The lowest BCUT2D eigenvalue weighted by Gasteiger charge is -2.13. The van der Waals surface area contributed by atoms with Crippen LogP contribution in [-0.2, 0) is 4.79 Å². The summed E-state index contributed by atoms with van der Waals surface area (Å²) in [5.74, 6) is 0.619. The molecule has 0 aromatic carbocycles. The molecule has 0 fully saturated rings. The maximum Gasteiger partial charge on any atom is 0.157 e. The Kier molecular flexibility index (Phi) is 1.56. The van der Waals surface area contributed by atoms with Gasteiger partial charge in [-0.1, -0.05) is 6.92 Å². The fraction of sp³-hybridized carbons (Fsp3) is 0.571. The SMILES string of the molecule is C[C@H]1CC(=O)C=C(N)C1. The fourth-order valence-electron chi connectivity index (χ4n) is 1.14. The van der Waals surface area contributed by atoms with Gasteiger partial charge in [-0.2, -0.15) is 0 Å². The zero-order valence-electron chi connectivity index (χ0n) is 5.55. The summed E-state index contributed by atoms with van der Waals surface area (Å²) in [6.45, 7) is 2.04. The average molecular weight is 125 g/mol. The molecule has 2 nitrogen and oxygen atoms in total. The van der Waals surface area contributed by atoms with E-state index in [1.807, 2.05) is 6.92 Å². The molecule has 0 aliphatic heterocycles. The zero-order chi connectivity index (χ0) is 6.85. The summed E-state index contributed by atoms with van der Waals surface area (Å²) in [4.78, 5) is 10.7. The van der Waals surface area contributed by atoms with Crippen LogP contribution in [0.25, 0.3) is 0 Å². The van der Waals surface area contributed by atoms with Gasteiger partial charge in [0, 0.05) is 12.1 Å². The van der Waals surface area contributed by atoms with E-state index in [1.54, 1.807) is 6.08 Å². The molecule has 0 spiro atoms. The first-order chi connectivity index (χ1) is 4.18. The normalized spacial score (nSPS) is 27.9. The van der Waals surface area contributed by atoms with Gasteiger partial charge in [-0.25, -0.2) is 0 Å². The van der Waals surface area contributed by atoms with Crippen LogP contribution in [0.3, 0.4) is 0 Å². The van der Waals surface area contributed by atoms with Crippen molar-refractivity contribution in [2.24, 2.45) is 11.7 Å². The lowest BCUT2D eigenvalue weighted by molar-refractivity contribution is -0.115. The number of carbonyl (C=O) groups excluding carboxylic acids is 1. The molecule has 1 aliphatic rings. The second-order valence-electron chi connectivity index (χ2n) is 2.70. The number of allylic oxidation sites excluding steroid dienone is 2. The van der Waals surface area contributed by atoms with Crippen LogP contribution in [0.5, 0.6) is 0 Å². The van der Waals surface area contributed by atoms with E-state index in [9.17, 15) is 4.79 Å². The Morgan fingerprint density at radius 1 is 1.67 bits per heavy atom. The molecule has 0 heterocycles. The molecule has 0 aromatic rings. The van der Waals surface area contributed by atoms with Gasteiger partial charge in [0.15, 0.2) is 5.78 Å². The molecule has 0 saturated heterocycles. The van der Waals surface area contributed by atoms with E-state index < -0.39 is 0 Å². The molecule has 1 rings (SSSR count). The molecular weight excluding hydrogens is 114 g/mol. The number of hydrogen-bond acceptors (Lipinski definition) is 2. The lowest BCUT2D eigenvalue weighted by Crippen LogP contribution is -2.15. The van der Waals surface area contributed by atoms with Gasteiger partial charge in [-0.05, 0) is 18.4 Å². The van der Waals surface area contributed by atoms with Gasteiger partial charge in [-0.3, -0.25) is 4.79 Å². The minimum absolute atomic E-state index is 0.172. The van der Waals surface area contributed by atoms with Crippen molar-refractivity contribution >= 4 is 5.78 Å². The Bertz CT molecular complexity index is 160. The van der Waals surface area contributed by atoms with Crippen molar-refractivity contribution in [2.45, 2.75) is 19.8 Å². The molecular formula is C7H11NO. The molecule has 2 heteroatoms. The van der Waals surface area contributed by atoms with E-state index in [-0.39, 0.29) is 5.78 Å².